The predicted octanol–water partition coefficient (Wildman–Crippen LogP) is 4.65. The van der Waals surface area contributed by atoms with Crippen LogP contribution in [0.3, 0.4) is 0 Å². The molecule has 7 nitrogen and oxygen atoms in total. The molecule has 0 bridgehead atoms. The Morgan fingerprint density at radius 1 is 1.03 bits per heavy atom. The van der Waals surface area contributed by atoms with Crippen molar-refractivity contribution in [1.29, 1.82) is 5.26 Å². The summed E-state index contributed by atoms with van der Waals surface area (Å²) in [5, 5.41) is 19.2. The lowest BCUT2D eigenvalue weighted by Gasteiger charge is -2.32. The zero-order valence-corrected chi connectivity index (χ0v) is 19.0. The Morgan fingerprint density at radius 3 is 2.51 bits per heavy atom. The summed E-state index contributed by atoms with van der Waals surface area (Å²) < 4.78 is 41.1. The number of nitriles is 1. The molecule has 5 rings (SSSR count). The molecular weight excluding hydrogens is 483 g/mol. The van der Waals surface area contributed by atoms with E-state index in [1.807, 2.05) is 30.3 Å². The van der Waals surface area contributed by atoms with Gasteiger partial charge in [-0.1, -0.05) is 36.4 Å². The fraction of sp³-hybridized carbons (Fsp3) is 0.111. The molecule has 184 valence electrons. The van der Waals surface area contributed by atoms with Crippen LogP contribution in [0.5, 0.6) is 0 Å². The molecule has 0 fully saturated rings. The second-order valence-electron chi connectivity index (χ2n) is 8.43. The molecule has 0 saturated carbocycles. The second-order valence-corrected chi connectivity index (χ2v) is 8.43. The molecular formula is C27H18F3N5O2. The van der Waals surface area contributed by atoms with E-state index in [1.54, 1.807) is 35.1 Å². The summed E-state index contributed by atoms with van der Waals surface area (Å²) in [5.41, 5.74) is 0.976. The number of hydrogen-bond donors (Lipinski definition) is 2. The topological polar surface area (TPSA) is 99.8 Å². The summed E-state index contributed by atoms with van der Waals surface area (Å²) in [5.74, 6) is -1.78. The number of nitrogens with one attached hydrogen (secondary N) is 2. The fourth-order valence-electron chi connectivity index (χ4n) is 4.39. The third-order valence-electron chi connectivity index (χ3n) is 6.10. The molecule has 0 saturated heterocycles. The molecule has 2 heterocycles. The van der Waals surface area contributed by atoms with Crippen molar-refractivity contribution < 1.29 is 22.8 Å². The van der Waals surface area contributed by atoms with Gasteiger partial charge in [-0.15, -0.1) is 0 Å². The van der Waals surface area contributed by atoms with Gasteiger partial charge in [0, 0.05) is 17.0 Å². The maximum absolute atomic E-state index is 13.4. The van der Waals surface area contributed by atoms with Gasteiger partial charge in [0.25, 0.3) is 5.91 Å². The predicted molar refractivity (Wildman–Crippen MR) is 128 cm³/mol. The highest BCUT2D eigenvalue weighted by molar-refractivity contribution is 6.04. The smallest absolute Gasteiger partial charge is 0.339 e. The number of alkyl halides is 3. The van der Waals surface area contributed by atoms with Crippen LogP contribution in [0.15, 0.2) is 85.1 Å². The summed E-state index contributed by atoms with van der Waals surface area (Å²) in [6.45, 7) is 0. The van der Waals surface area contributed by atoms with Crippen LogP contribution >= 0.6 is 0 Å². The van der Waals surface area contributed by atoms with Crippen molar-refractivity contribution >= 4 is 17.6 Å². The number of hydrogen-bond acceptors (Lipinski definition) is 4. The largest absolute Gasteiger partial charge is 0.416 e. The maximum atomic E-state index is 13.4. The van der Waals surface area contributed by atoms with Gasteiger partial charge in [0.15, 0.2) is 0 Å². The molecule has 1 aliphatic rings. The zero-order valence-electron chi connectivity index (χ0n) is 19.0. The van der Waals surface area contributed by atoms with Gasteiger partial charge >= 0.3 is 6.18 Å². The van der Waals surface area contributed by atoms with Gasteiger partial charge in [-0.05, 0) is 48.0 Å². The first-order valence-corrected chi connectivity index (χ1v) is 11.2. The van der Waals surface area contributed by atoms with Gasteiger partial charge in [-0.25, -0.2) is 4.68 Å². The molecule has 1 aromatic heterocycles. The number of anilines is 1. The molecule has 2 atom stereocenters. The minimum atomic E-state index is -4.63. The Balaban J connectivity index is 1.57. The van der Waals surface area contributed by atoms with Gasteiger partial charge in [-0.2, -0.15) is 23.5 Å². The number of aromatic nitrogens is 2. The molecule has 4 aromatic rings. The summed E-state index contributed by atoms with van der Waals surface area (Å²) in [6, 6.07) is 20.6. The van der Waals surface area contributed by atoms with Crippen molar-refractivity contribution in [3.8, 4) is 11.8 Å². The highest BCUT2D eigenvalue weighted by atomic mass is 19.4. The highest BCUT2D eigenvalue weighted by Gasteiger charge is 2.41. The fourth-order valence-corrected chi connectivity index (χ4v) is 4.39. The van der Waals surface area contributed by atoms with Crippen molar-refractivity contribution in [2.75, 3.05) is 5.32 Å². The molecule has 0 unspecified atom stereocenters. The van der Waals surface area contributed by atoms with Gasteiger partial charge in [0.2, 0.25) is 5.91 Å². The molecule has 3 aromatic carbocycles. The lowest BCUT2D eigenvalue weighted by Crippen LogP contribution is -2.50. The van der Waals surface area contributed by atoms with Crippen molar-refractivity contribution in [2.45, 2.75) is 18.1 Å². The number of fused-ring (bicyclic) bond motifs is 1. The van der Waals surface area contributed by atoms with Crippen LogP contribution in [0.2, 0.25) is 0 Å². The van der Waals surface area contributed by atoms with Crippen molar-refractivity contribution in [3.63, 3.8) is 0 Å². The molecule has 0 spiro atoms. The van der Waals surface area contributed by atoms with Crippen LogP contribution in [0.4, 0.5) is 19.0 Å². The monoisotopic (exact) mass is 501 g/mol. The quantitative estimate of drug-likeness (QED) is 0.425. The van der Waals surface area contributed by atoms with E-state index in [2.05, 4.69) is 21.8 Å². The third-order valence-corrected chi connectivity index (χ3v) is 6.10. The van der Waals surface area contributed by atoms with Crippen LogP contribution in [0.25, 0.3) is 5.69 Å². The Kier molecular flexibility index (Phi) is 5.97. The van der Waals surface area contributed by atoms with Crippen molar-refractivity contribution in [1.82, 2.24) is 15.1 Å². The van der Waals surface area contributed by atoms with Crippen LogP contribution < -0.4 is 10.6 Å². The first kappa shape index (κ1) is 23.8. The van der Waals surface area contributed by atoms with Crippen molar-refractivity contribution in [2.24, 2.45) is 0 Å². The maximum Gasteiger partial charge on any atom is 0.416 e. The molecule has 10 heteroatoms. The second kappa shape index (κ2) is 9.28. The summed E-state index contributed by atoms with van der Waals surface area (Å²) in [7, 11) is 0. The molecule has 0 radical (unpaired) electrons. The van der Waals surface area contributed by atoms with E-state index >= 15 is 0 Å². The summed E-state index contributed by atoms with van der Waals surface area (Å²) in [6.07, 6.45) is -3.06. The standard InChI is InChI=1S/C27H18F3N5O2/c28-27(29,30)19-9-5-8-18(13-19)25(36)33-23-22(17-7-4-6-16(12-17)14-31)21-15-32-35(24(21)34-26(23)37)20-10-2-1-3-11-20/h1-13,15,22-23H,(H,33,36)(H,34,37)/t22-,23+/m1/s1. The number of benzene rings is 3. The third kappa shape index (κ3) is 4.54. The van der Waals surface area contributed by atoms with Gasteiger partial charge < -0.3 is 10.6 Å². The Morgan fingerprint density at radius 2 is 1.78 bits per heavy atom. The normalized spacial score (nSPS) is 16.9. The van der Waals surface area contributed by atoms with Crippen LogP contribution in [-0.4, -0.2) is 27.6 Å². The Labute approximate surface area is 209 Å². The number of nitrogens with zero attached hydrogens (tertiary/aromatic N) is 3. The van der Waals surface area contributed by atoms with E-state index in [-0.39, 0.29) is 5.56 Å². The summed E-state index contributed by atoms with van der Waals surface area (Å²) in [4.78, 5) is 26.4. The number of carbonyl (C=O) groups is 2. The van der Waals surface area contributed by atoms with E-state index in [0.717, 1.165) is 18.2 Å². The number of carbonyl (C=O) groups excluding carboxylic acids is 2. The average molecular weight is 501 g/mol. The minimum absolute atomic E-state index is 0.238. The number of rotatable bonds is 4. The lowest BCUT2D eigenvalue weighted by molar-refractivity contribution is -0.137. The van der Waals surface area contributed by atoms with Crippen LogP contribution in [-0.2, 0) is 11.0 Å². The number of para-hydroxylation sites is 1. The molecule has 1 aliphatic heterocycles. The SMILES string of the molecule is N#Cc1cccc([C@@H]2c3cnn(-c4ccccc4)c3NC(=O)[C@H]2NC(=O)c2cccc(C(F)(F)F)c2)c1. The van der Waals surface area contributed by atoms with E-state index in [1.165, 1.54) is 6.07 Å². The Bertz CT molecular complexity index is 1540. The van der Waals surface area contributed by atoms with Crippen LogP contribution in [0.1, 0.15) is 38.5 Å². The van der Waals surface area contributed by atoms with Gasteiger partial charge in [-0.3, -0.25) is 9.59 Å². The van der Waals surface area contributed by atoms with Gasteiger partial charge in [0.05, 0.1) is 29.1 Å². The lowest BCUT2D eigenvalue weighted by atomic mass is 9.82. The molecule has 37 heavy (non-hydrogen) atoms. The summed E-state index contributed by atoms with van der Waals surface area (Å²) >= 11 is 0. The first-order valence-electron chi connectivity index (χ1n) is 11.2. The Hall–Kier alpha value is -4.91. The minimum Gasteiger partial charge on any atom is -0.339 e. The van der Waals surface area contributed by atoms with Gasteiger partial charge in [0.1, 0.15) is 11.9 Å². The van der Waals surface area contributed by atoms with E-state index < -0.39 is 35.5 Å². The average Bonchev–Trinajstić information content (AvgIpc) is 3.32. The number of amides is 2. The zero-order chi connectivity index (χ0) is 26.2. The molecule has 0 aliphatic carbocycles. The van der Waals surface area contributed by atoms with E-state index in [9.17, 15) is 28.0 Å². The van der Waals surface area contributed by atoms with E-state index in [4.69, 9.17) is 0 Å². The first-order chi connectivity index (χ1) is 17.8. The highest BCUT2D eigenvalue weighted by Crippen LogP contribution is 2.39. The van der Waals surface area contributed by atoms with E-state index in [0.29, 0.717) is 28.2 Å². The molecule has 2 amide bonds. The molecule has 2 N–H and O–H groups in total. The van der Waals surface area contributed by atoms with Crippen molar-refractivity contribution in [3.05, 3.63) is 113 Å². The van der Waals surface area contributed by atoms with Crippen LogP contribution in [0, 0.1) is 11.3 Å². The number of halogens is 3.